The SMILES string of the molecule is CCc1nnc(Oc2ccc(F)cc2[N+](=O)[O-])nc1CC. The average molecular weight is 292 g/mol. The van der Waals surface area contributed by atoms with Crippen molar-refractivity contribution in [1.29, 1.82) is 0 Å². The number of benzene rings is 1. The monoisotopic (exact) mass is 292 g/mol. The van der Waals surface area contributed by atoms with Gasteiger partial charge in [0.1, 0.15) is 5.82 Å². The summed E-state index contributed by atoms with van der Waals surface area (Å²) in [6, 6.07) is 2.91. The molecule has 0 radical (unpaired) electrons. The van der Waals surface area contributed by atoms with Crippen molar-refractivity contribution in [2.75, 3.05) is 0 Å². The molecule has 0 saturated carbocycles. The summed E-state index contributed by atoms with van der Waals surface area (Å²) >= 11 is 0. The molecule has 8 heteroatoms. The van der Waals surface area contributed by atoms with Crippen LogP contribution in [0.3, 0.4) is 0 Å². The normalized spacial score (nSPS) is 10.4. The summed E-state index contributed by atoms with van der Waals surface area (Å²) in [6.07, 6.45) is 1.32. The number of nitro benzene ring substituents is 1. The van der Waals surface area contributed by atoms with Crippen molar-refractivity contribution >= 4 is 5.69 Å². The van der Waals surface area contributed by atoms with Crippen molar-refractivity contribution in [2.24, 2.45) is 0 Å². The van der Waals surface area contributed by atoms with Crippen LogP contribution in [0, 0.1) is 15.9 Å². The van der Waals surface area contributed by atoms with Gasteiger partial charge in [-0.2, -0.15) is 4.98 Å². The minimum absolute atomic E-state index is 0.0984. The number of halogens is 1. The van der Waals surface area contributed by atoms with Gasteiger partial charge >= 0.3 is 11.7 Å². The zero-order chi connectivity index (χ0) is 15.4. The van der Waals surface area contributed by atoms with Gasteiger partial charge in [-0.3, -0.25) is 10.1 Å². The molecule has 7 nitrogen and oxygen atoms in total. The first-order chi connectivity index (χ1) is 10.0. The molecular formula is C13H13FN4O3. The second kappa shape index (κ2) is 6.21. The molecule has 0 fully saturated rings. The number of nitro groups is 1. The molecule has 21 heavy (non-hydrogen) atoms. The van der Waals surface area contributed by atoms with E-state index in [1.54, 1.807) is 0 Å². The van der Waals surface area contributed by atoms with E-state index in [1.165, 1.54) is 0 Å². The topological polar surface area (TPSA) is 91.0 Å². The van der Waals surface area contributed by atoms with E-state index >= 15 is 0 Å². The molecule has 0 aliphatic carbocycles. The average Bonchev–Trinajstić information content (AvgIpc) is 2.48. The Morgan fingerprint density at radius 3 is 2.57 bits per heavy atom. The highest BCUT2D eigenvalue weighted by molar-refractivity contribution is 5.47. The van der Waals surface area contributed by atoms with Crippen LogP contribution in [0.5, 0.6) is 11.8 Å². The number of hydrogen-bond acceptors (Lipinski definition) is 6. The third-order valence-electron chi connectivity index (χ3n) is 2.81. The van der Waals surface area contributed by atoms with Crippen molar-refractivity contribution < 1.29 is 14.1 Å². The second-order valence-corrected chi connectivity index (χ2v) is 4.17. The molecule has 0 atom stereocenters. The molecule has 0 amide bonds. The lowest BCUT2D eigenvalue weighted by molar-refractivity contribution is -0.385. The van der Waals surface area contributed by atoms with Crippen molar-refractivity contribution in [3.63, 3.8) is 0 Å². The Morgan fingerprint density at radius 2 is 1.95 bits per heavy atom. The highest BCUT2D eigenvalue weighted by Crippen LogP contribution is 2.30. The fourth-order valence-corrected chi connectivity index (χ4v) is 1.78. The van der Waals surface area contributed by atoms with Gasteiger partial charge in [0.15, 0.2) is 0 Å². The Labute approximate surface area is 120 Å². The fourth-order valence-electron chi connectivity index (χ4n) is 1.78. The van der Waals surface area contributed by atoms with Crippen LogP contribution in [0.15, 0.2) is 18.2 Å². The van der Waals surface area contributed by atoms with Crippen LogP contribution in [0.4, 0.5) is 10.1 Å². The summed E-state index contributed by atoms with van der Waals surface area (Å²) in [5.74, 6) is -0.849. The summed E-state index contributed by atoms with van der Waals surface area (Å²) in [4.78, 5) is 14.3. The molecular weight excluding hydrogens is 279 g/mol. The molecule has 0 bridgehead atoms. The highest BCUT2D eigenvalue weighted by Gasteiger charge is 2.18. The van der Waals surface area contributed by atoms with Crippen molar-refractivity contribution in [2.45, 2.75) is 26.7 Å². The summed E-state index contributed by atoms with van der Waals surface area (Å²) < 4.78 is 18.3. The van der Waals surface area contributed by atoms with E-state index in [4.69, 9.17) is 4.74 Å². The zero-order valence-electron chi connectivity index (χ0n) is 11.5. The molecule has 0 aliphatic rings. The number of ether oxygens (including phenoxy) is 1. The van der Waals surface area contributed by atoms with Gasteiger partial charge in [-0.15, -0.1) is 5.10 Å². The fraction of sp³-hybridized carbons (Fsp3) is 0.308. The number of rotatable bonds is 5. The first-order valence-electron chi connectivity index (χ1n) is 6.39. The van der Waals surface area contributed by atoms with Gasteiger partial charge in [-0.25, -0.2) is 4.39 Å². The quantitative estimate of drug-likeness (QED) is 0.621. The maximum atomic E-state index is 13.1. The summed E-state index contributed by atoms with van der Waals surface area (Å²) in [7, 11) is 0. The van der Waals surface area contributed by atoms with Crippen molar-refractivity contribution in [3.05, 3.63) is 45.5 Å². The molecule has 0 saturated heterocycles. The lowest BCUT2D eigenvalue weighted by Gasteiger charge is -2.07. The molecule has 1 aromatic carbocycles. The standard InChI is InChI=1S/C13H13FN4O3/c1-3-9-10(4-2)16-17-13(15-9)21-12-6-5-8(14)7-11(12)18(19)20/h5-7H,3-4H2,1-2H3. The van der Waals surface area contributed by atoms with E-state index in [-0.39, 0.29) is 11.8 Å². The lowest BCUT2D eigenvalue weighted by atomic mass is 10.2. The summed E-state index contributed by atoms with van der Waals surface area (Å²) in [5.41, 5.74) is 0.974. The van der Waals surface area contributed by atoms with Gasteiger partial charge in [0.2, 0.25) is 5.75 Å². The highest BCUT2D eigenvalue weighted by atomic mass is 19.1. The van der Waals surface area contributed by atoms with Crippen molar-refractivity contribution in [3.8, 4) is 11.8 Å². The smallest absolute Gasteiger partial charge is 0.341 e. The van der Waals surface area contributed by atoms with E-state index in [0.29, 0.717) is 18.5 Å². The Morgan fingerprint density at radius 1 is 1.24 bits per heavy atom. The Kier molecular flexibility index (Phi) is 4.36. The number of aromatic nitrogens is 3. The molecule has 1 heterocycles. The maximum Gasteiger partial charge on any atom is 0.341 e. The first-order valence-corrected chi connectivity index (χ1v) is 6.39. The predicted octanol–water partition coefficient (Wildman–Crippen LogP) is 2.84. The van der Waals surface area contributed by atoms with Crippen LogP contribution in [-0.2, 0) is 12.8 Å². The third-order valence-corrected chi connectivity index (χ3v) is 2.81. The molecule has 0 N–H and O–H groups in total. The lowest BCUT2D eigenvalue weighted by Crippen LogP contribution is -2.05. The largest absolute Gasteiger partial charge is 0.416 e. The van der Waals surface area contributed by atoms with E-state index < -0.39 is 16.4 Å². The summed E-state index contributed by atoms with van der Waals surface area (Å²) in [6.45, 7) is 3.84. The van der Waals surface area contributed by atoms with Crippen LogP contribution >= 0.6 is 0 Å². The van der Waals surface area contributed by atoms with Crippen molar-refractivity contribution in [1.82, 2.24) is 15.2 Å². The molecule has 0 aliphatic heterocycles. The number of hydrogen-bond donors (Lipinski definition) is 0. The molecule has 2 rings (SSSR count). The van der Waals surface area contributed by atoms with Gasteiger partial charge in [0.25, 0.3) is 0 Å². The van der Waals surface area contributed by atoms with Gasteiger partial charge in [0.05, 0.1) is 22.4 Å². The molecule has 0 unspecified atom stereocenters. The van der Waals surface area contributed by atoms with Crippen LogP contribution in [0.2, 0.25) is 0 Å². The van der Waals surface area contributed by atoms with Crippen LogP contribution < -0.4 is 4.74 Å². The molecule has 110 valence electrons. The van der Waals surface area contributed by atoms with Gasteiger partial charge < -0.3 is 4.74 Å². The van der Waals surface area contributed by atoms with Gasteiger partial charge in [0, 0.05) is 0 Å². The Hall–Kier alpha value is -2.64. The van der Waals surface area contributed by atoms with Crippen LogP contribution in [0.25, 0.3) is 0 Å². The second-order valence-electron chi connectivity index (χ2n) is 4.17. The Balaban J connectivity index is 2.36. The molecule has 1 aromatic heterocycles. The maximum absolute atomic E-state index is 13.1. The van der Waals surface area contributed by atoms with Gasteiger partial charge in [-0.05, 0) is 25.0 Å². The summed E-state index contributed by atoms with van der Waals surface area (Å²) in [5, 5.41) is 18.6. The first kappa shape index (κ1) is 14.8. The Bertz CT molecular complexity index is 678. The van der Waals surface area contributed by atoms with Gasteiger partial charge in [-0.1, -0.05) is 18.9 Å². The van der Waals surface area contributed by atoms with E-state index in [1.807, 2.05) is 13.8 Å². The van der Waals surface area contributed by atoms with E-state index in [2.05, 4.69) is 15.2 Å². The number of aryl methyl sites for hydroxylation is 2. The van der Waals surface area contributed by atoms with E-state index in [9.17, 15) is 14.5 Å². The minimum atomic E-state index is -0.729. The van der Waals surface area contributed by atoms with Crippen LogP contribution in [0.1, 0.15) is 25.2 Å². The minimum Gasteiger partial charge on any atom is -0.416 e. The van der Waals surface area contributed by atoms with E-state index in [0.717, 1.165) is 23.9 Å². The molecule has 2 aromatic rings. The predicted molar refractivity (Wildman–Crippen MR) is 71.7 cm³/mol. The zero-order valence-corrected chi connectivity index (χ0v) is 11.5. The molecule has 0 spiro atoms. The number of nitrogens with zero attached hydrogens (tertiary/aromatic N) is 4. The third kappa shape index (κ3) is 3.28. The van der Waals surface area contributed by atoms with Crippen LogP contribution in [-0.4, -0.2) is 20.1 Å².